The molecule has 14 heavy (non-hydrogen) atoms. The number of aliphatic hydroxyl groups is 1. The van der Waals surface area contributed by atoms with Crippen molar-refractivity contribution in [2.45, 2.75) is 39.0 Å². The maximum Gasteiger partial charge on any atom is 0.305 e. The van der Waals surface area contributed by atoms with Gasteiger partial charge in [-0.2, -0.15) is 0 Å². The first-order chi connectivity index (χ1) is 6.81. The quantitative estimate of drug-likeness (QED) is 0.370. The van der Waals surface area contributed by atoms with Crippen molar-refractivity contribution in [3.63, 3.8) is 0 Å². The molecule has 0 aromatic rings. The third-order valence-corrected chi connectivity index (χ3v) is 1.82. The second kappa shape index (κ2) is 10.3. The van der Waals surface area contributed by atoms with Crippen LogP contribution in [0.1, 0.15) is 39.0 Å². The number of hydrogen-bond acceptors (Lipinski definition) is 3. The largest absolute Gasteiger partial charge is 0.465 e. The molecular formula is C11H20O3. The van der Waals surface area contributed by atoms with Crippen LogP contribution in [0, 0.1) is 0 Å². The molecule has 0 saturated carbocycles. The molecule has 3 nitrogen and oxygen atoms in total. The Balaban J connectivity index is 3.19. The highest BCUT2D eigenvalue weighted by molar-refractivity contribution is 5.69. The highest BCUT2D eigenvalue weighted by Gasteiger charge is 2.00. The van der Waals surface area contributed by atoms with E-state index < -0.39 is 0 Å². The van der Waals surface area contributed by atoms with Crippen LogP contribution in [0.3, 0.4) is 0 Å². The van der Waals surface area contributed by atoms with E-state index in [9.17, 15) is 4.79 Å². The summed E-state index contributed by atoms with van der Waals surface area (Å²) in [6, 6.07) is 0. The van der Waals surface area contributed by atoms with Crippen molar-refractivity contribution in [1.82, 2.24) is 0 Å². The van der Waals surface area contributed by atoms with Crippen LogP contribution in [0.25, 0.3) is 0 Å². The third-order valence-electron chi connectivity index (χ3n) is 1.82. The molecule has 0 atom stereocenters. The van der Waals surface area contributed by atoms with Crippen LogP contribution in [-0.4, -0.2) is 24.3 Å². The monoisotopic (exact) mass is 200 g/mol. The van der Waals surface area contributed by atoms with Gasteiger partial charge in [-0.05, 0) is 26.2 Å². The maximum absolute atomic E-state index is 11.1. The van der Waals surface area contributed by atoms with Gasteiger partial charge in [0, 0.05) is 13.0 Å². The van der Waals surface area contributed by atoms with Gasteiger partial charge in [-0.25, -0.2) is 0 Å². The smallest absolute Gasteiger partial charge is 0.305 e. The molecule has 3 heteroatoms. The molecule has 0 bridgehead atoms. The first-order valence-corrected chi connectivity index (χ1v) is 5.19. The van der Waals surface area contributed by atoms with Gasteiger partial charge >= 0.3 is 5.97 Å². The summed E-state index contributed by atoms with van der Waals surface area (Å²) in [5.74, 6) is -0.132. The van der Waals surface area contributed by atoms with E-state index >= 15 is 0 Å². The fraction of sp³-hybridized carbons (Fsp3) is 0.727. The van der Waals surface area contributed by atoms with Crippen molar-refractivity contribution in [1.29, 1.82) is 0 Å². The second-order valence-electron chi connectivity index (χ2n) is 3.11. The van der Waals surface area contributed by atoms with E-state index in [0.717, 1.165) is 25.7 Å². The number of carbonyl (C=O) groups is 1. The molecule has 0 aromatic carbocycles. The zero-order valence-electron chi connectivity index (χ0n) is 8.87. The Morgan fingerprint density at radius 2 is 2.14 bits per heavy atom. The lowest BCUT2D eigenvalue weighted by molar-refractivity contribution is -0.143. The number of aliphatic hydroxyl groups excluding tert-OH is 1. The highest BCUT2D eigenvalue weighted by atomic mass is 16.5. The number of allylic oxidation sites excluding steroid dienone is 1. The first kappa shape index (κ1) is 13.2. The Kier molecular flexibility index (Phi) is 9.64. The molecule has 0 spiro atoms. The number of hydrogen-bond donors (Lipinski definition) is 1. The lowest BCUT2D eigenvalue weighted by Crippen LogP contribution is -2.05. The van der Waals surface area contributed by atoms with Crippen molar-refractivity contribution in [2.75, 3.05) is 13.2 Å². The van der Waals surface area contributed by atoms with Crippen molar-refractivity contribution >= 4 is 5.97 Å². The number of ether oxygens (including phenoxy) is 1. The summed E-state index contributed by atoms with van der Waals surface area (Å²) in [6.45, 7) is 2.62. The van der Waals surface area contributed by atoms with Gasteiger partial charge in [0.25, 0.3) is 0 Å². The minimum Gasteiger partial charge on any atom is -0.465 e. The zero-order valence-corrected chi connectivity index (χ0v) is 8.87. The van der Waals surface area contributed by atoms with Crippen LogP contribution in [-0.2, 0) is 9.53 Å². The number of esters is 1. The molecule has 0 amide bonds. The van der Waals surface area contributed by atoms with Gasteiger partial charge in [0.15, 0.2) is 0 Å². The second-order valence-corrected chi connectivity index (χ2v) is 3.11. The molecule has 0 saturated heterocycles. The van der Waals surface area contributed by atoms with E-state index in [4.69, 9.17) is 9.84 Å². The summed E-state index contributed by atoms with van der Waals surface area (Å²) < 4.78 is 4.97. The van der Waals surface area contributed by atoms with Gasteiger partial charge in [0.05, 0.1) is 6.61 Å². The molecule has 0 heterocycles. The van der Waals surface area contributed by atoms with Crippen molar-refractivity contribution in [3.8, 4) is 0 Å². The molecule has 0 aliphatic rings. The molecule has 0 unspecified atom stereocenters. The van der Waals surface area contributed by atoms with Crippen LogP contribution >= 0.6 is 0 Å². The summed E-state index contributed by atoms with van der Waals surface area (Å²) in [5.41, 5.74) is 0. The van der Waals surface area contributed by atoms with Crippen molar-refractivity contribution in [2.24, 2.45) is 0 Å². The van der Waals surface area contributed by atoms with Gasteiger partial charge in [-0.15, -0.1) is 0 Å². The van der Waals surface area contributed by atoms with E-state index in [2.05, 4.69) is 0 Å². The van der Waals surface area contributed by atoms with Gasteiger partial charge < -0.3 is 9.84 Å². The normalized spacial score (nSPS) is 10.7. The third kappa shape index (κ3) is 9.26. The maximum atomic E-state index is 11.1. The summed E-state index contributed by atoms with van der Waals surface area (Å²) in [5, 5.41) is 8.51. The average Bonchev–Trinajstić information content (AvgIpc) is 2.19. The van der Waals surface area contributed by atoms with Crippen LogP contribution < -0.4 is 0 Å². The van der Waals surface area contributed by atoms with E-state index in [1.165, 1.54) is 0 Å². The fourth-order valence-corrected chi connectivity index (χ4v) is 1.04. The Morgan fingerprint density at radius 3 is 2.79 bits per heavy atom. The lowest BCUT2D eigenvalue weighted by atomic mass is 10.2. The fourth-order valence-electron chi connectivity index (χ4n) is 1.04. The number of rotatable bonds is 8. The molecule has 0 radical (unpaired) electrons. The summed E-state index contributed by atoms with van der Waals surface area (Å²) >= 11 is 0. The SMILES string of the molecule is C/C=C\CCOC(=O)CCCCCO. The van der Waals surface area contributed by atoms with E-state index in [-0.39, 0.29) is 12.6 Å². The summed E-state index contributed by atoms with van der Waals surface area (Å²) in [4.78, 5) is 11.1. The minimum absolute atomic E-state index is 0.132. The Bertz CT molecular complexity index is 164. The molecule has 0 aliphatic heterocycles. The van der Waals surface area contributed by atoms with Crippen molar-refractivity contribution < 1.29 is 14.6 Å². The average molecular weight is 200 g/mol. The highest BCUT2D eigenvalue weighted by Crippen LogP contribution is 2.01. The standard InChI is InChI=1S/C11H20O3/c1-2-3-7-10-14-11(13)8-5-4-6-9-12/h2-3,12H,4-10H2,1H3/b3-2-. The van der Waals surface area contributed by atoms with Crippen LogP contribution in [0.15, 0.2) is 12.2 Å². The predicted octanol–water partition coefficient (Wildman–Crippen LogP) is 2.05. The number of unbranched alkanes of at least 4 members (excludes halogenated alkanes) is 2. The molecule has 0 aromatic heterocycles. The Labute approximate surface area is 85.8 Å². The van der Waals surface area contributed by atoms with Crippen LogP contribution in [0.5, 0.6) is 0 Å². The van der Waals surface area contributed by atoms with Gasteiger partial charge in [-0.1, -0.05) is 18.6 Å². The minimum atomic E-state index is -0.132. The predicted molar refractivity (Wildman–Crippen MR) is 55.9 cm³/mol. The van der Waals surface area contributed by atoms with E-state index in [0.29, 0.717) is 13.0 Å². The molecular weight excluding hydrogens is 180 g/mol. The zero-order chi connectivity index (χ0) is 10.6. The summed E-state index contributed by atoms with van der Waals surface area (Å²) in [7, 11) is 0. The summed E-state index contributed by atoms with van der Waals surface area (Å²) in [6.07, 6.45) is 7.64. The van der Waals surface area contributed by atoms with E-state index in [1.807, 2.05) is 19.1 Å². The topological polar surface area (TPSA) is 46.5 Å². The van der Waals surface area contributed by atoms with Crippen LogP contribution in [0.2, 0.25) is 0 Å². The van der Waals surface area contributed by atoms with Gasteiger partial charge in [0.1, 0.15) is 0 Å². The van der Waals surface area contributed by atoms with Gasteiger partial charge in [-0.3, -0.25) is 4.79 Å². The lowest BCUT2D eigenvalue weighted by Gasteiger charge is -2.02. The van der Waals surface area contributed by atoms with Gasteiger partial charge in [0.2, 0.25) is 0 Å². The van der Waals surface area contributed by atoms with Crippen molar-refractivity contribution in [3.05, 3.63) is 12.2 Å². The molecule has 82 valence electrons. The molecule has 0 fully saturated rings. The van der Waals surface area contributed by atoms with Crippen LogP contribution in [0.4, 0.5) is 0 Å². The molecule has 1 N–H and O–H groups in total. The Morgan fingerprint density at radius 1 is 1.36 bits per heavy atom. The first-order valence-electron chi connectivity index (χ1n) is 5.19. The Hall–Kier alpha value is -0.830. The molecule has 0 rings (SSSR count). The number of carbonyl (C=O) groups excluding carboxylic acids is 1. The van der Waals surface area contributed by atoms with E-state index in [1.54, 1.807) is 0 Å². The molecule has 0 aliphatic carbocycles.